The molecule has 5 nitrogen and oxygen atoms in total. The first kappa shape index (κ1) is 20.6. The predicted molar refractivity (Wildman–Crippen MR) is 82.0 cm³/mol. The first-order valence-corrected chi connectivity index (χ1v) is 8.50. The molecule has 2 aromatic carbocycles. The fraction of sp³-hybridized carbons (Fsp3) is 0.133. The summed E-state index contributed by atoms with van der Waals surface area (Å²) in [5.74, 6) is -6.21. The number of benzene rings is 2. The van der Waals surface area contributed by atoms with Gasteiger partial charge in [0.15, 0.2) is 17.5 Å². The molecule has 0 aliphatic rings. The van der Waals surface area contributed by atoms with E-state index in [2.05, 4.69) is 0 Å². The highest BCUT2D eigenvalue weighted by Crippen LogP contribution is 2.23. The molecule has 0 radical (unpaired) electrons. The summed E-state index contributed by atoms with van der Waals surface area (Å²) >= 11 is 0. The molecule has 0 atom stereocenters. The molecule has 0 saturated heterocycles. The molecule has 0 saturated carbocycles. The van der Waals surface area contributed by atoms with Gasteiger partial charge in [-0.2, -0.15) is 13.2 Å². The monoisotopic (exact) mass is 412 g/mol. The van der Waals surface area contributed by atoms with Gasteiger partial charge in [0.05, 0.1) is 10.6 Å². The van der Waals surface area contributed by atoms with Gasteiger partial charge in [0.25, 0.3) is 15.9 Å². The normalized spacial score (nSPS) is 11.9. The van der Waals surface area contributed by atoms with Gasteiger partial charge >= 0.3 is 6.18 Å². The Morgan fingerprint density at radius 2 is 1.52 bits per heavy atom. The van der Waals surface area contributed by atoms with Gasteiger partial charge in [-0.25, -0.2) is 21.6 Å². The summed E-state index contributed by atoms with van der Waals surface area (Å²) in [5, 5.41) is 1.60. The third-order valence-corrected chi connectivity index (χ3v) is 4.54. The van der Waals surface area contributed by atoms with E-state index in [0.29, 0.717) is 12.1 Å². The first-order chi connectivity index (χ1) is 12.4. The molecule has 0 unspecified atom stereocenters. The van der Waals surface area contributed by atoms with Crippen LogP contribution in [0.2, 0.25) is 0 Å². The highest BCUT2D eigenvalue weighted by Gasteiger charge is 2.28. The Kier molecular flexibility index (Phi) is 5.68. The van der Waals surface area contributed by atoms with Crippen molar-refractivity contribution >= 4 is 21.6 Å². The van der Waals surface area contributed by atoms with Crippen molar-refractivity contribution in [3.8, 4) is 0 Å². The summed E-state index contributed by atoms with van der Waals surface area (Å²) in [6.07, 6.45) is -4.61. The number of hydrogen-bond acceptors (Lipinski definition) is 3. The SMILES string of the molecule is O=C(NCC(F)(F)F)c1ccc(S(=O)(=O)Nc2ccc(F)c(F)c2F)cc1. The smallest absolute Gasteiger partial charge is 0.343 e. The maximum absolute atomic E-state index is 13.6. The fourth-order valence-corrected chi connectivity index (χ4v) is 2.94. The van der Waals surface area contributed by atoms with Crippen LogP contribution < -0.4 is 10.0 Å². The number of carbonyl (C=O) groups excluding carboxylic acids is 1. The average Bonchev–Trinajstić information content (AvgIpc) is 2.59. The molecule has 0 aromatic heterocycles. The average molecular weight is 412 g/mol. The highest BCUT2D eigenvalue weighted by atomic mass is 32.2. The number of amides is 1. The van der Waals surface area contributed by atoms with Gasteiger partial charge in [-0.15, -0.1) is 0 Å². The Morgan fingerprint density at radius 3 is 2.07 bits per heavy atom. The van der Waals surface area contributed by atoms with Crippen LogP contribution in [-0.2, 0) is 10.0 Å². The van der Waals surface area contributed by atoms with Crippen molar-refractivity contribution in [3.63, 3.8) is 0 Å². The Bertz CT molecular complexity index is 959. The van der Waals surface area contributed by atoms with Crippen molar-refractivity contribution in [3.05, 3.63) is 59.4 Å². The van der Waals surface area contributed by atoms with Crippen molar-refractivity contribution < 1.29 is 39.6 Å². The third-order valence-electron chi connectivity index (χ3n) is 3.16. The summed E-state index contributed by atoms with van der Waals surface area (Å²) < 4.78 is 102. The fourth-order valence-electron chi connectivity index (χ4n) is 1.88. The lowest BCUT2D eigenvalue weighted by atomic mass is 10.2. The summed E-state index contributed by atoms with van der Waals surface area (Å²) in [5.41, 5.74) is -1.10. The zero-order valence-electron chi connectivity index (χ0n) is 13.1. The quantitative estimate of drug-likeness (QED) is 0.585. The van der Waals surface area contributed by atoms with E-state index >= 15 is 0 Å². The van der Waals surface area contributed by atoms with Gasteiger partial charge in [-0.3, -0.25) is 9.52 Å². The molecule has 2 N–H and O–H groups in total. The van der Waals surface area contributed by atoms with Crippen LogP contribution in [0, 0.1) is 17.5 Å². The lowest BCUT2D eigenvalue weighted by Gasteiger charge is -2.11. The second kappa shape index (κ2) is 7.47. The number of carbonyl (C=O) groups is 1. The molecule has 2 aromatic rings. The molecular weight excluding hydrogens is 402 g/mol. The lowest BCUT2D eigenvalue weighted by molar-refractivity contribution is -0.123. The molecular formula is C15H10F6N2O3S. The van der Waals surface area contributed by atoms with E-state index in [9.17, 15) is 39.6 Å². The molecule has 0 fully saturated rings. The van der Waals surface area contributed by atoms with Crippen LogP contribution in [0.4, 0.5) is 32.0 Å². The van der Waals surface area contributed by atoms with Crippen LogP contribution in [0.15, 0.2) is 41.3 Å². The van der Waals surface area contributed by atoms with Crippen molar-refractivity contribution in [1.29, 1.82) is 0 Å². The molecule has 146 valence electrons. The zero-order chi connectivity index (χ0) is 20.4. The number of sulfonamides is 1. The molecule has 0 bridgehead atoms. The molecule has 0 heterocycles. The number of alkyl halides is 3. The van der Waals surface area contributed by atoms with Crippen molar-refractivity contribution in [2.45, 2.75) is 11.1 Å². The number of hydrogen-bond donors (Lipinski definition) is 2. The van der Waals surface area contributed by atoms with Gasteiger partial charge in [0.1, 0.15) is 6.54 Å². The molecule has 1 amide bonds. The molecule has 2 rings (SSSR count). The summed E-state index contributed by atoms with van der Waals surface area (Å²) in [6.45, 7) is -1.57. The standard InChI is InChI=1S/C15H10F6N2O3S/c16-10-5-6-11(13(18)12(10)17)23-27(25,26)9-3-1-8(2-4-9)14(24)22-7-15(19,20)21/h1-6,23H,7H2,(H,22,24). The van der Waals surface area contributed by atoms with Crippen LogP contribution in [0.25, 0.3) is 0 Å². The van der Waals surface area contributed by atoms with E-state index in [1.807, 2.05) is 0 Å². The minimum absolute atomic E-state index is 0.253. The Morgan fingerprint density at radius 1 is 0.926 bits per heavy atom. The van der Waals surface area contributed by atoms with Crippen LogP contribution in [0.5, 0.6) is 0 Å². The highest BCUT2D eigenvalue weighted by molar-refractivity contribution is 7.92. The van der Waals surface area contributed by atoms with E-state index in [1.165, 1.54) is 0 Å². The largest absolute Gasteiger partial charge is 0.405 e. The number of nitrogens with one attached hydrogen (secondary N) is 2. The van der Waals surface area contributed by atoms with Gasteiger partial charge in [-0.05, 0) is 36.4 Å². The van der Waals surface area contributed by atoms with Crippen molar-refractivity contribution in [2.75, 3.05) is 11.3 Å². The second-order valence-corrected chi connectivity index (χ2v) is 6.83. The maximum atomic E-state index is 13.6. The lowest BCUT2D eigenvalue weighted by Crippen LogP contribution is -2.33. The van der Waals surface area contributed by atoms with E-state index in [1.54, 1.807) is 10.0 Å². The van der Waals surface area contributed by atoms with Crippen LogP contribution in [0.3, 0.4) is 0 Å². The maximum Gasteiger partial charge on any atom is 0.405 e. The van der Waals surface area contributed by atoms with Crippen molar-refractivity contribution in [1.82, 2.24) is 5.32 Å². The topological polar surface area (TPSA) is 75.3 Å². The summed E-state index contributed by atoms with van der Waals surface area (Å²) in [4.78, 5) is 11.1. The third kappa shape index (κ3) is 5.12. The van der Waals surface area contributed by atoms with E-state index < -0.39 is 56.7 Å². The molecule has 0 aliphatic heterocycles. The molecule has 27 heavy (non-hydrogen) atoms. The minimum atomic E-state index is -4.61. The zero-order valence-corrected chi connectivity index (χ0v) is 13.9. The van der Waals surface area contributed by atoms with Crippen LogP contribution in [0.1, 0.15) is 10.4 Å². The van der Waals surface area contributed by atoms with E-state index in [-0.39, 0.29) is 5.56 Å². The minimum Gasteiger partial charge on any atom is -0.343 e. The van der Waals surface area contributed by atoms with E-state index in [0.717, 1.165) is 24.3 Å². The first-order valence-electron chi connectivity index (χ1n) is 7.02. The van der Waals surface area contributed by atoms with Gasteiger partial charge in [0, 0.05) is 5.56 Å². The molecule has 0 aliphatic carbocycles. The van der Waals surface area contributed by atoms with Crippen LogP contribution in [-0.4, -0.2) is 27.0 Å². The second-order valence-electron chi connectivity index (χ2n) is 5.15. The Hall–Kier alpha value is -2.76. The predicted octanol–water partition coefficient (Wildman–Crippen LogP) is 3.20. The van der Waals surface area contributed by atoms with Crippen LogP contribution >= 0.6 is 0 Å². The van der Waals surface area contributed by atoms with Gasteiger partial charge < -0.3 is 5.32 Å². The Labute approximate surface area is 149 Å². The Balaban J connectivity index is 2.18. The molecule has 0 spiro atoms. The number of halogens is 6. The summed E-state index contributed by atoms with van der Waals surface area (Å²) in [6, 6.07) is 4.81. The van der Waals surface area contributed by atoms with Gasteiger partial charge in [-0.1, -0.05) is 0 Å². The number of anilines is 1. The van der Waals surface area contributed by atoms with Gasteiger partial charge in [0.2, 0.25) is 0 Å². The molecule has 12 heteroatoms. The summed E-state index contributed by atoms with van der Waals surface area (Å²) in [7, 11) is -4.43. The number of rotatable bonds is 5. The van der Waals surface area contributed by atoms with E-state index in [4.69, 9.17) is 0 Å². The van der Waals surface area contributed by atoms with Crippen molar-refractivity contribution in [2.24, 2.45) is 0 Å².